The highest BCUT2D eigenvalue weighted by atomic mass is 16.2. The van der Waals surface area contributed by atoms with Crippen molar-refractivity contribution in [2.75, 3.05) is 19.6 Å². The Labute approximate surface area is 120 Å². The Morgan fingerprint density at radius 3 is 2.55 bits per heavy atom. The van der Waals surface area contributed by atoms with Gasteiger partial charge in [0.2, 0.25) is 11.8 Å². The zero-order chi connectivity index (χ0) is 14.2. The number of piperidine rings is 1. The molecule has 5 nitrogen and oxygen atoms in total. The SMILES string of the molecule is CC1(C(=O)N2CCCC2C(=O)NC2CC2)CCNCC1. The average Bonchev–Trinajstić information content (AvgIpc) is 3.11. The van der Waals surface area contributed by atoms with Gasteiger partial charge in [0, 0.05) is 18.0 Å². The van der Waals surface area contributed by atoms with Crippen molar-refractivity contribution in [2.24, 2.45) is 5.41 Å². The number of hydrogen-bond acceptors (Lipinski definition) is 3. The lowest BCUT2D eigenvalue weighted by Gasteiger charge is -2.37. The van der Waals surface area contributed by atoms with Gasteiger partial charge in [-0.15, -0.1) is 0 Å². The number of nitrogens with one attached hydrogen (secondary N) is 2. The summed E-state index contributed by atoms with van der Waals surface area (Å²) in [5.41, 5.74) is -0.284. The third kappa shape index (κ3) is 2.68. The summed E-state index contributed by atoms with van der Waals surface area (Å²) in [5, 5.41) is 6.35. The largest absolute Gasteiger partial charge is 0.352 e. The number of likely N-dealkylation sites (tertiary alicyclic amines) is 1. The fourth-order valence-corrected chi connectivity index (χ4v) is 3.35. The molecule has 0 aromatic carbocycles. The normalized spacial score (nSPS) is 29.2. The van der Waals surface area contributed by atoms with Crippen LogP contribution in [0.15, 0.2) is 0 Å². The minimum absolute atomic E-state index is 0.0656. The van der Waals surface area contributed by atoms with Gasteiger partial charge in [0.25, 0.3) is 0 Å². The third-order valence-electron chi connectivity index (χ3n) is 4.96. The fraction of sp³-hybridized carbons (Fsp3) is 0.867. The van der Waals surface area contributed by atoms with E-state index in [1.54, 1.807) is 0 Å². The Kier molecular flexibility index (Phi) is 3.71. The summed E-state index contributed by atoms with van der Waals surface area (Å²) in [7, 11) is 0. The van der Waals surface area contributed by atoms with Gasteiger partial charge in [-0.25, -0.2) is 0 Å². The van der Waals surface area contributed by atoms with E-state index in [1.165, 1.54) is 0 Å². The summed E-state index contributed by atoms with van der Waals surface area (Å²) in [6.45, 7) is 4.60. The standard InChI is InChI=1S/C15H25N3O2/c1-15(6-8-16-9-7-15)14(20)18-10-2-3-12(18)13(19)17-11-4-5-11/h11-12,16H,2-10H2,1H3,(H,17,19). The highest BCUT2D eigenvalue weighted by molar-refractivity contribution is 5.90. The van der Waals surface area contributed by atoms with Crippen LogP contribution in [-0.4, -0.2) is 48.4 Å². The van der Waals surface area contributed by atoms with Crippen molar-refractivity contribution in [1.82, 2.24) is 15.5 Å². The number of amides is 2. The topological polar surface area (TPSA) is 61.4 Å². The van der Waals surface area contributed by atoms with Gasteiger partial charge < -0.3 is 15.5 Å². The Balaban J connectivity index is 1.67. The van der Waals surface area contributed by atoms with Crippen molar-refractivity contribution in [3.8, 4) is 0 Å². The van der Waals surface area contributed by atoms with E-state index >= 15 is 0 Å². The molecule has 0 aromatic rings. The summed E-state index contributed by atoms with van der Waals surface area (Å²) in [5.74, 6) is 0.253. The summed E-state index contributed by atoms with van der Waals surface area (Å²) in [4.78, 5) is 27.0. The molecule has 112 valence electrons. The summed E-state index contributed by atoms with van der Waals surface area (Å²) < 4.78 is 0. The van der Waals surface area contributed by atoms with Crippen molar-refractivity contribution >= 4 is 11.8 Å². The van der Waals surface area contributed by atoms with Gasteiger partial charge in [-0.2, -0.15) is 0 Å². The molecule has 1 unspecified atom stereocenters. The van der Waals surface area contributed by atoms with Crippen LogP contribution in [-0.2, 0) is 9.59 Å². The maximum atomic E-state index is 12.9. The first-order valence-electron chi connectivity index (χ1n) is 7.92. The van der Waals surface area contributed by atoms with Crippen LogP contribution >= 0.6 is 0 Å². The Morgan fingerprint density at radius 2 is 1.90 bits per heavy atom. The summed E-state index contributed by atoms with van der Waals surface area (Å²) in [6.07, 6.45) is 5.70. The predicted octanol–water partition coefficient (Wildman–Crippen LogP) is 0.646. The van der Waals surface area contributed by atoms with E-state index in [2.05, 4.69) is 17.6 Å². The first-order chi connectivity index (χ1) is 9.60. The van der Waals surface area contributed by atoms with Crippen LogP contribution in [0.3, 0.4) is 0 Å². The van der Waals surface area contributed by atoms with Crippen molar-refractivity contribution in [3.63, 3.8) is 0 Å². The lowest BCUT2D eigenvalue weighted by Crippen LogP contribution is -2.53. The maximum Gasteiger partial charge on any atom is 0.243 e. The molecular formula is C15H25N3O2. The molecule has 0 radical (unpaired) electrons. The first kappa shape index (κ1) is 13.9. The van der Waals surface area contributed by atoms with E-state index in [-0.39, 0.29) is 23.3 Å². The zero-order valence-electron chi connectivity index (χ0n) is 12.3. The number of hydrogen-bond donors (Lipinski definition) is 2. The second-order valence-electron chi connectivity index (χ2n) is 6.75. The van der Waals surface area contributed by atoms with Crippen LogP contribution in [0.25, 0.3) is 0 Å². The van der Waals surface area contributed by atoms with E-state index in [0.29, 0.717) is 6.04 Å². The molecule has 0 spiro atoms. The van der Waals surface area contributed by atoms with Crippen molar-refractivity contribution in [3.05, 3.63) is 0 Å². The number of carbonyl (C=O) groups is 2. The van der Waals surface area contributed by atoms with Crippen LogP contribution in [0.5, 0.6) is 0 Å². The average molecular weight is 279 g/mol. The monoisotopic (exact) mass is 279 g/mol. The number of nitrogens with zero attached hydrogens (tertiary/aromatic N) is 1. The molecule has 2 aliphatic heterocycles. The summed E-state index contributed by atoms with van der Waals surface area (Å²) in [6, 6.07) is 0.143. The number of carbonyl (C=O) groups excluding carboxylic acids is 2. The van der Waals surface area contributed by atoms with E-state index in [0.717, 1.165) is 58.2 Å². The van der Waals surface area contributed by atoms with Gasteiger partial charge in [0.15, 0.2) is 0 Å². The van der Waals surface area contributed by atoms with E-state index < -0.39 is 0 Å². The maximum absolute atomic E-state index is 12.9. The zero-order valence-corrected chi connectivity index (χ0v) is 12.3. The van der Waals surface area contributed by atoms with Gasteiger partial charge in [-0.05, 0) is 51.6 Å². The van der Waals surface area contributed by atoms with E-state index in [4.69, 9.17) is 0 Å². The Hall–Kier alpha value is -1.10. The molecule has 1 saturated carbocycles. The molecule has 1 aliphatic carbocycles. The number of rotatable bonds is 3. The van der Waals surface area contributed by atoms with E-state index in [9.17, 15) is 9.59 Å². The van der Waals surface area contributed by atoms with E-state index in [1.807, 2.05) is 4.90 Å². The predicted molar refractivity (Wildman–Crippen MR) is 76.1 cm³/mol. The Morgan fingerprint density at radius 1 is 1.20 bits per heavy atom. The smallest absolute Gasteiger partial charge is 0.243 e. The fourth-order valence-electron chi connectivity index (χ4n) is 3.35. The van der Waals surface area contributed by atoms with Gasteiger partial charge in [-0.3, -0.25) is 9.59 Å². The van der Waals surface area contributed by atoms with Gasteiger partial charge in [0.05, 0.1) is 0 Å². The molecule has 5 heteroatoms. The lowest BCUT2D eigenvalue weighted by atomic mass is 9.79. The second kappa shape index (κ2) is 5.35. The molecule has 20 heavy (non-hydrogen) atoms. The van der Waals surface area contributed by atoms with Gasteiger partial charge in [-0.1, -0.05) is 6.92 Å². The summed E-state index contributed by atoms with van der Waals surface area (Å²) >= 11 is 0. The highest BCUT2D eigenvalue weighted by Gasteiger charge is 2.43. The molecule has 2 N–H and O–H groups in total. The second-order valence-corrected chi connectivity index (χ2v) is 6.75. The quantitative estimate of drug-likeness (QED) is 0.797. The minimum Gasteiger partial charge on any atom is -0.352 e. The molecule has 2 heterocycles. The molecule has 3 rings (SSSR count). The Bertz CT molecular complexity index is 400. The third-order valence-corrected chi connectivity index (χ3v) is 4.96. The first-order valence-corrected chi connectivity index (χ1v) is 7.92. The molecule has 0 aromatic heterocycles. The van der Waals surface area contributed by atoms with Gasteiger partial charge in [0.1, 0.15) is 6.04 Å². The molecule has 3 aliphatic rings. The minimum atomic E-state index is -0.284. The lowest BCUT2D eigenvalue weighted by molar-refractivity contribution is -0.147. The van der Waals surface area contributed by atoms with Crippen LogP contribution < -0.4 is 10.6 Å². The molecule has 2 saturated heterocycles. The highest BCUT2D eigenvalue weighted by Crippen LogP contribution is 2.33. The molecule has 1 atom stereocenters. The van der Waals surface area contributed by atoms with Crippen molar-refractivity contribution in [2.45, 2.75) is 57.5 Å². The van der Waals surface area contributed by atoms with Crippen molar-refractivity contribution in [1.29, 1.82) is 0 Å². The van der Waals surface area contributed by atoms with Crippen LogP contribution in [0.1, 0.15) is 45.4 Å². The molecule has 3 fully saturated rings. The van der Waals surface area contributed by atoms with Crippen molar-refractivity contribution < 1.29 is 9.59 Å². The molecule has 2 amide bonds. The van der Waals surface area contributed by atoms with Crippen LogP contribution in [0.2, 0.25) is 0 Å². The van der Waals surface area contributed by atoms with Crippen LogP contribution in [0, 0.1) is 5.41 Å². The van der Waals surface area contributed by atoms with Gasteiger partial charge >= 0.3 is 0 Å². The molecule has 0 bridgehead atoms. The van der Waals surface area contributed by atoms with Crippen LogP contribution in [0.4, 0.5) is 0 Å². The molecular weight excluding hydrogens is 254 g/mol.